The summed E-state index contributed by atoms with van der Waals surface area (Å²) in [6, 6.07) is 17.5. The Balaban J connectivity index is 1.62. The quantitative estimate of drug-likeness (QED) is 0.335. The number of anilines is 1. The summed E-state index contributed by atoms with van der Waals surface area (Å²) in [5, 5.41) is 2.21. The number of hydrogen-bond donors (Lipinski definition) is 1. The van der Waals surface area contributed by atoms with Crippen molar-refractivity contribution >= 4 is 61.5 Å². The van der Waals surface area contributed by atoms with Crippen LogP contribution in [0.5, 0.6) is 0 Å². The number of halogens is 3. The van der Waals surface area contributed by atoms with Crippen molar-refractivity contribution in [3.63, 3.8) is 0 Å². The number of nitrogens with zero attached hydrogens (tertiary/aromatic N) is 1. The van der Waals surface area contributed by atoms with Crippen molar-refractivity contribution in [2.75, 3.05) is 4.90 Å². The van der Waals surface area contributed by atoms with E-state index in [2.05, 4.69) is 37.2 Å². The molecule has 0 spiro atoms. The molecule has 160 valence electrons. The normalized spacial score (nSPS) is 15.3. The number of carbonyl (C=O) groups excluding carboxylic acids is 3. The molecule has 4 rings (SSSR count). The van der Waals surface area contributed by atoms with Gasteiger partial charge in [-0.3, -0.25) is 14.9 Å². The molecular weight excluding hydrogens is 543 g/mol. The van der Waals surface area contributed by atoms with Crippen molar-refractivity contribution in [2.24, 2.45) is 0 Å². The Morgan fingerprint density at radius 1 is 0.938 bits per heavy atom. The fourth-order valence-electron chi connectivity index (χ4n) is 3.31. The molecule has 1 N–H and O–H groups in total. The Labute approximate surface area is 200 Å². The third-order valence-corrected chi connectivity index (χ3v) is 6.13. The number of barbiturate groups is 1. The van der Waals surface area contributed by atoms with E-state index in [4.69, 9.17) is 0 Å². The number of rotatable bonds is 4. The van der Waals surface area contributed by atoms with Crippen LogP contribution in [0.4, 0.5) is 14.9 Å². The molecule has 0 unspecified atom stereocenters. The van der Waals surface area contributed by atoms with Gasteiger partial charge in [0.25, 0.3) is 11.8 Å². The maximum Gasteiger partial charge on any atom is 0.335 e. The van der Waals surface area contributed by atoms with Gasteiger partial charge in [0, 0.05) is 8.95 Å². The molecule has 1 heterocycles. The zero-order valence-corrected chi connectivity index (χ0v) is 19.6. The molecule has 3 aromatic rings. The van der Waals surface area contributed by atoms with Gasteiger partial charge in [-0.1, -0.05) is 56.1 Å². The molecule has 0 aliphatic carbocycles. The van der Waals surface area contributed by atoms with E-state index in [1.54, 1.807) is 42.5 Å². The Morgan fingerprint density at radius 2 is 1.69 bits per heavy atom. The third-order valence-electron chi connectivity index (χ3n) is 4.86. The van der Waals surface area contributed by atoms with Gasteiger partial charge < -0.3 is 0 Å². The molecule has 0 bridgehead atoms. The fourth-order valence-corrected chi connectivity index (χ4v) is 4.11. The summed E-state index contributed by atoms with van der Waals surface area (Å²) < 4.78 is 15.0. The number of hydrogen-bond acceptors (Lipinski definition) is 3. The summed E-state index contributed by atoms with van der Waals surface area (Å²) in [4.78, 5) is 38.6. The molecule has 8 heteroatoms. The van der Waals surface area contributed by atoms with Crippen LogP contribution in [-0.4, -0.2) is 17.8 Å². The van der Waals surface area contributed by atoms with Gasteiger partial charge in [0.05, 0.1) is 5.69 Å². The Morgan fingerprint density at radius 3 is 2.38 bits per heavy atom. The smallest absolute Gasteiger partial charge is 0.273 e. The van der Waals surface area contributed by atoms with E-state index >= 15 is 0 Å². The number of carbonyl (C=O) groups is 3. The van der Waals surface area contributed by atoms with E-state index in [1.807, 2.05) is 12.1 Å². The highest BCUT2D eigenvalue weighted by atomic mass is 79.9. The number of imide groups is 2. The Kier molecular flexibility index (Phi) is 6.34. The minimum Gasteiger partial charge on any atom is -0.273 e. The summed E-state index contributed by atoms with van der Waals surface area (Å²) in [5.74, 6) is -1.76. The van der Waals surface area contributed by atoms with Crippen LogP contribution in [0, 0.1) is 5.82 Å². The van der Waals surface area contributed by atoms with Gasteiger partial charge in [0.2, 0.25) is 0 Å². The molecule has 0 radical (unpaired) electrons. The lowest BCUT2D eigenvalue weighted by Gasteiger charge is -2.26. The molecule has 32 heavy (non-hydrogen) atoms. The first-order valence-corrected chi connectivity index (χ1v) is 11.1. The number of benzene rings is 3. The van der Waals surface area contributed by atoms with E-state index in [-0.39, 0.29) is 11.4 Å². The minimum atomic E-state index is -0.800. The zero-order chi connectivity index (χ0) is 22.8. The first kappa shape index (κ1) is 22.1. The molecular formula is C24H15Br2FN2O3. The van der Waals surface area contributed by atoms with Gasteiger partial charge >= 0.3 is 6.03 Å². The van der Waals surface area contributed by atoms with Crippen LogP contribution < -0.4 is 10.2 Å². The van der Waals surface area contributed by atoms with Gasteiger partial charge in [-0.2, -0.15) is 0 Å². The summed E-state index contributed by atoms with van der Waals surface area (Å²) in [5.41, 5.74) is 2.53. The van der Waals surface area contributed by atoms with Crippen LogP contribution in [0.25, 0.3) is 6.08 Å². The largest absolute Gasteiger partial charge is 0.335 e. The van der Waals surface area contributed by atoms with Crippen LogP contribution >= 0.6 is 31.9 Å². The maximum atomic E-state index is 13.5. The van der Waals surface area contributed by atoms with Gasteiger partial charge in [-0.15, -0.1) is 0 Å². The van der Waals surface area contributed by atoms with Gasteiger partial charge in [-0.05, 0) is 71.7 Å². The summed E-state index contributed by atoms with van der Waals surface area (Å²) in [7, 11) is 0. The fraction of sp³-hybridized carbons (Fsp3) is 0.0417. The maximum absolute atomic E-state index is 13.5. The van der Waals surface area contributed by atoms with E-state index in [1.165, 1.54) is 18.2 Å². The van der Waals surface area contributed by atoms with Crippen molar-refractivity contribution in [1.82, 2.24) is 5.32 Å². The van der Waals surface area contributed by atoms with Crippen LogP contribution in [0.15, 0.2) is 81.2 Å². The Hall–Kier alpha value is -3.10. The summed E-state index contributed by atoms with van der Waals surface area (Å²) >= 11 is 6.82. The lowest BCUT2D eigenvalue weighted by atomic mass is 10.0. The first-order chi connectivity index (χ1) is 15.3. The monoisotopic (exact) mass is 556 g/mol. The highest BCUT2D eigenvalue weighted by molar-refractivity contribution is 9.10. The average molecular weight is 558 g/mol. The van der Waals surface area contributed by atoms with E-state index in [0.29, 0.717) is 17.7 Å². The highest BCUT2D eigenvalue weighted by Gasteiger charge is 2.36. The second-order valence-corrected chi connectivity index (χ2v) is 8.86. The van der Waals surface area contributed by atoms with Crippen molar-refractivity contribution in [2.45, 2.75) is 6.42 Å². The summed E-state index contributed by atoms with van der Waals surface area (Å²) in [6.07, 6.45) is 1.95. The Bertz CT molecular complexity index is 1270. The van der Waals surface area contributed by atoms with Crippen molar-refractivity contribution < 1.29 is 18.8 Å². The predicted molar refractivity (Wildman–Crippen MR) is 126 cm³/mol. The molecule has 5 nitrogen and oxygen atoms in total. The van der Waals surface area contributed by atoms with Crippen LogP contribution in [0.1, 0.15) is 16.7 Å². The molecule has 0 atom stereocenters. The topological polar surface area (TPSA) is 66.5 Å². The minimum absolute atomic E-state index is 0.155. The zero-order valence-electron chi connectivity index (χ0n) is 16.4. The van der Waals surface area contributed by atoms with Gasteiger partial charge in [-0.25, -0.2) is 14.1 Å². The van der Waals surface area contributed by atoms with Crippen LogP contribution in [0.3, 0.4) is 0 Å². The molecule has 3 aromatic carbocycles. The number of nitrogens with one attached hydrogen (secondary N) is 1. The predicted octanol–water partition coefficient (Wildman–Crippen LogP) is 5.61. The molecule has 1 aliphatic heterocycles. The third kappa shape index (κ3) is 4.71. The van der Waals surface area contributed by atoms with Crippen molar-refractivity contribution in [3.8, 4) is 0 Å². The van der Waals surface area contributed by atoms with Crippen LogP contribution in [-0.2, 0) is 16.0 Å². The standard InChI is InChI=1S/C24H15Br2FN2O3/c25-17-6-8-19(9-7-17)29-23(31)20(22(30)28-24(29)32)12-15-4-5-16(21(26)13-15)10-14-2-1-3-18(27)11-14/h1-9,11-13H,10H2,(H,28,30,32)/b20-12+. The highest BCUT2D eigenvalue weighted by Crippen LogP contribution is 2.26. The van der Waals surface area contributed by atoms with Gasteiger partial charge in [0.15, 0.2) is 0 Å². The number of amides is 4. The molecule has 1 saturated heterocycles. The van der Waals surface area contributed by atoms with E-state index in [0.717, 1.165) is 25.0 Å². The van der Waals surface area contributed by atoms with Crippen molar-refractivity contribution in [3.05, 3.63) is 104 Å². The average Bonchev–Trinajstić information content (AvgIpc) is 2.74. The van der Waals surface area contributed by atoms with E-state index in [9.17, 15) is 18.8 Å². The summed E-state index contributed by atoms with van der Waals surface area (Å²) in [6.45, 7) is 0. The molecule has 0 saturated carbocycles. The first-order valence-electron chi connectivity index (χ1n) is 9.52. The van der Waals surface area contributed by atoms with Crippen LogP contribution in [0.2, 0.25) is 0 Å². The molecule has 4 amide bonds. The number of urea groups is 1. The lowest BCUT2D eigenvalue weighted by Crippen LogP contribution is -2.54. The molecule has 1 fully saturated rings. The van der Waals surface area contributed by atoms with Crippen molar-refractivity contribution in [1.29, 1.82) is 0 Å². The second-order valence-electron chi connectivity index (χ2n) is 7.09. The molecule has 0 aromatic heterocycles. The second kappa shape index (κ2) is 9.18. The molecule has 1 aliphatic rings. The SMILES string of the molecule is O=C1NC(=O)N(c2ccc(Br)cc2)C(=O)/C1=C/c1ccc(Cc2cccc(F)c2)c(Br)c1. The lowest BCUT2D eigenvalue weighted by molar-refractivity contribution is -0.122. The van der Waals surface area contributed by atoms with E-state index < -0.39 is 17.8 Å². The van der Waals surface area contributed by atoms with Gasteiger partial charge in [0.1, 0.15) is 11.4 Å².